The van der Waals surface area contributed by atoms with Crippen molar-refractivity contribution < 1.29 is 4.74 Å². The fourth-order valence-corrected chi connectivity index (χ4v) is 5.08. The average Bonchev–Trinajstić information content (AvgIpc) is 2.29. The first-order valence-corrected chi connectivity index (χ1v) is 7.85. The molecule has 0 radical (unpaired) electrons. The summed E-state index contributed by atoms with van der Waals surface area (Å²) in [6.07, 6.45) is 1.16. The number of methoxy groups -OCH3 is 1. The molecule has 1 aliphatic heterocycles. The third kappa shape index (κ3) is 4.55. The first-order valence-electron chi connectivity index (χ1n) is 5.65. The van der Waals surface area contributed by atoms with Crippen LogP contribution >= 0.6 is 23.5 Å². The van der Waals surface area contributed by atoms with Gasteiger partial charge >= 0.3 is 0 Å². The van der Waals surface area contributed by atoms with Gasteiger partial charge in [-0.1, -0.05) is 6.92 Å². The molecule has 3 unspecified atom stereocenters. The molecule has 0 aromatic rings. The standard InChI is InChI=1S/C11H23NOS2/c1-9(4-5-13-3)11(12-2)10-8-14-6-7-15-10/h9-12H,4-8H2,1-3H3. The Bertz CT molecular complexity index is 163. The summed E-state index contributed by atoms with van der Waals surface area (Å²) < 4.78 is 5.15. The van der Waals surface area contributed by atoms with Gasteiger partial charge in [0.15, 0.2) is 0 Å². The molecular formula is C11H23NOS2. The van der Waals surface area contributed by atoms with Crippen molar-refractivity contribution >= 4 is 23.5 Å². The zero-order valence-corrected chi connectivity index (χ0v) is 11.6. The van der Waals surface area contributed by atoms with Gasteiger partial charge in [-0.3, -0.25) is 0 Å². The lowest BCUT2D eigenvalue weighted by molar-refractivity contribution is 0.171. The van der Waals surface area contributed by atoms with Crippen molar-refractivity contribution in [1.29, 1.82) is 0 Å². The highest BCUT2D eigenvalue weighted by atomic mass is 32.2. The van der Waals surface area contributed by atoms with Crippen LogP contribution in [-0.2, 0) is 4.74 Å². The van der Waals surface area contributed by atoms with Gasteiger partial charge < -0.3 is 10.1 Å². The van der Waals surface area contributed by atoms with Crippen molar-refractivity contribution in [3.8, 4) is 0 Å². The smallest absolute Gasteiger partial charge is 0.0465 e. The summed E-state index contributed by atoms with van der Waals surface area (Å²) in [6, 6.07) is 0.637. The van der Waals surface area contributed by atoms with Gasteiger partial charge in [0.1, 0.15) is 0 Å². The van der Waals surface area contributed by atoms with Crippen LogP contribution in [0.2, 0.25) is 0 Å². The third-order valence-corrected chi connectivity index (χ3v) is 5.85. The number of hydrogen-bond acceptors (Lipinski definition) is 4. The Balaban J connectivity index is 2.37. The molecule has 3 atom stereocenters. The Hall–Kier alpha value is 0.620. The van der Waals surface area contributed by atoms with Crippen LogP contribution in [0.4, 0.5) is 0 Å². The van der Waals surface area contributed by atoms with E-state index < -0.39 is 0 Å². The van der Waals surface area contributed by atoms with Crippen LogP contribution in [0.25, 0.3) is 0 Å². The lowest BCUT2D eigenvalue weighted by atomic mass is 9.96. The number of rotatable bonds is 6. The number of thioether (sulfide) groups is 2. The second-order valence-electron chi connectivity index (χ2n) is 4.06. The summed E-state index contributed by atoms with van der Waals surface area (Å²) in [5.74, 6) is 4.63. The molecule has 1 aliphatic rings. The van der Waals surface area contributed by atoms with E-state index in [0.29, 0.717) is 12.0 Å². The highest BCUT2D eigenvalue weighted by Gasteiger charge is 2.27. The summed E-state index contributed by atoms with van der Waals surface area (Å²) in [4.78, 5) is 0. The molecule has 0 aromatic heterocycles. The second-order valence-corrected chi connectivity index (χ2v) is 6.55. The van der Waals surface area contributed by atoms with Gasteiger partial charge in [0.2, 0.25) is 0 Å². The maximum absolute atomic E-state index is 5.15. The van der Waals surface area contributed by atoms with Gasteiger partial charge in [0.25, 0.3) is 0 Å². The molecule has 4 heteroatoms. The molecule has 0 bridgehead atoms. The lowest BCUT2D eigenvalue weighted by Gasteiger charge is -2.33. The largest absolute Gasteiger partial charge is 0.385 e. The van der Waals surface area contributed by atoms with Gasteiger partial charge in [-0.15, -0.1) is 0 Å². The average molecular weight is 249 g/mol. The summed E-state index contributed by atoms with van der Waals surface area (Å²) in [5.41, 5.74) is 0. The minimum atomic E-state index is 0.637. The predicted molar refractivity (Wildman–Crippen MR) is 72.1 cm³/mol. The van der Waals surface area contributed by atoms with E-state index in [1.165, 1.54) is 17.3 Å². The van der Waals surface area contributed by atoms with Crippen molar-refractivity contribution in [3.05, 3.63) is 0 Å². The Morgan fingerprint density at radius 1 is 1.47 bits per heavy atom. The van der Waals surface area contributed by atoms with Crippen molar-refractivity contribution in [2.45, 2.75) is 24.6 Å². The monoisotopic (exact) mass is 249 g/mol. The van der Waals surface area contributed by atoms with E-state index in [2.05, 4.69) is 42.8 Å². The van der Waals surface area contributed by atoms with E-state index >= 15 is 0 Å². The SMILES string of the molecule is CNC(C(C)CCOC)C1CSCCS1. The molecule has 1 rings (SSSR count). The first-order chi connectivity index (χ1) is 7.29. The molecule has 1 heterocycles. The number of ether oxygens (including phenoxy) is 1. The Morgan fingerprint density at radius 2 is 2.27 bits per heavy atom. The quantitative estimate of drug-likeness (QED) is 0.778. The van der Waals surface area contributed by atoms with E-state index in [9.17, 15) is 0 Å². The maximum atomic E-state index is 5.15. The third-order valence-electron chi connectivity index (χ3n) is 2.97. The summed E-state index contributed by atoms with van der Waals surface area (Å²) >= 11 is 4.23. The van der Waals surface area contributed by atoms with E-state index in [1.807, 2.05) is 0 Å². The van der Waals surface area contributed by atoms with Crippen LogP contribution in [0.1, 0.15) is 13.3 Å². The van der Waals surface area contributed by atoms with Crippen LogP contribution < -0.4 is 5.32 Å². The Morgan fingerprint density at radius 3 is 2.80 bits per heavy atom. The minimum absolute atomic E-state index is 0.637. The fourth-order valence-electron chi connectivity index (χ4n) is 2.03. The van der Waals surface area contributed by atoms with Crippen LogP contribution in [0.15, 0.2) is 0 Å². The van der Waals surface area contributed by atoms with Gasteiger partial charge in [0.05, 0.1) is 0 Å². The highest BCUT2D eigenvalue weighted by Crippen LogP contribution is 2.29. The van der Waals surface area contributed by atoms with E-state index in [-0.39, 0.29) is 0 Å². The van der Waals surface area contributed by atoms with Crippen molar-refractivity contribution in [1.82, 2.24) is 5.32 Å². The molecule has 90 valence electrons. The van der Waals surface area contributed by atoms with E-state index in [1.54, 1.807) is 7.11 Å². The summed E-state index contributed by atoms with van der Waals surface area (Å²) in [7, 11) is 3.88. The highest BCUT2D eigenvalue weighted by molar-refractivity contribution is 8.06. The van der Waals surface area contributed by atoms with Gasteiger partial charge in [-0.05, 0) is 19.4 Å². The van der Waals surface area contributed by atoms with Crippen LogP contribution in [-0.4, -0.2) is 49.3 Å². The molecule has 1 N–H and O–H groups in total. The second kappa shape index (κ2) is 7.82. The predicted octanol–water partition coefficient (Wildman–Crippen LogP) is 2.10. The first kappa shape index (κ1) is 13.7. The van der Waals surface area contributed by atoms with Crippen LogP contribution in [0.3, 0.4) is 0 Å². The van der Waals surface area contributed by atoms with Crippen LogP contribution in [0.5, 0.6) is 0 Å². The molecule has 0 aromatic carbocycles. The maximum Gasteiger partial charge on any atom is 0.0465 e. The Labute approximate surface area is 102 Å². The molecular weight excluding hydrogens is 226 g/mol. The van der Waals surface area contributed by atoms with Crippen molar-refractivity contribution in [2.75, 3.05) is 38.0 Å². The van der Waals surface area contributed by atoms with Gasteiger partial charge in [0, 0.05) is 42.3 Å². The normalized spacial score (nSPS) is 26.2. The van der Waals surface area contributed by atoms with Crippen LogP contribution in [0, 0.1) is 5.92 Å². The lowest BCUT2D eigenvalue weighted by Crippen LogP contribution is -2.44. The molecule has 15 heavy (non-hydrogen) atoms. The Kier molecular flexibility index (Phi) is 7.14. The molecule has 0 amide bonds. The van der Waals surface area contributed by atoms with Gasteiger partial charge in [-0.2, -0.15) is 23.5 Å². The summed E-state index contributed by atoms with van der Waals surface area (Å²) in [5, 5.41) is 4.27. The van der Waals surface area contributed by atoms with Crippen molar-refractivity contribution in [3.63, 3.8) is 0 Å². The minimum Gasteiger partial charge on any atom is -0.385 e. The molecule has 0 saturated carbocycles. The zero-order chi connectivity index (χ0) is 11.1. The molecule has 1 saturated heterocycles. The summed E-state index contributed by atoms with van der Waals surface area (Å²) in [6.45, 7) is 3.21. The van der Waals surface area contributed by atoms with Gasteiger partial charge in [-0.25, -0.2) is 0 Å². The molecule has 0 aliphatic carbocycles. The molecule has 0 spiro atoms. The zero-order valence-electron chi connectivity index (χ0n) is 9.99. The molecule has 2 nitrogen and oxygen atoms in total. The number of hydrogen-bond donors (Lipinski definition) is 1. The fraction of sp³-hybridized carbons (Fsp3) is 1.00. The molecule has 1 fully saturated rings. The van der Waals surface area contributed by atoms with E-state index in [4.69, 9.17) is 4.74 Å². The van der Waals surface area contributed by atoms with Crippen molar-refractivity contribution in [2.24, 2.45) is 5.92 Å². The number of nitrogens with one attached hydrogen (secondary N) is 1. The van der Waals surface area contributed by atoms with E-state index in [0.717, 1.165) is 18.3 Å². The topological polar surface area (TPSA) is 21.3 Å².